The van der Waals surface area contributed by atoms with Crippen molar-refractivity contribution in [1.29, 1.82) is 0 Å². The minimum Gasteiger partial charge on any atom is -0.494 e. The smallest absolute Gasteiger partial charge is 0.332 e. The van der Waals surface area contributed by atoms with Gasteiger partial charge in [-0.3, -0.25) is 28.5 Å². The van der Waals surface area contributed by atoms with Crippen LogP contribution in [0.4, 0.5) is 10.2 Å². The summed E-state index contributed by atoms with van der Waals surface area (Å²) < 4.78 is 21.1. The highest BCUT2D eigenvalue weighted by Gasteiger charge is 2.25. The van der Waals surface area contributed by atoms with Crippen molar-refractivity contribution in [2.24, 2.45) is 7.05 Å². The van der Waals surface area contributed by atoms with Crippen LogP contribution in [0.3, 0.4) is 0 Å². The molecule has 0 bridgehead atoms. The van der Waals surface area contributed by atoms with Crippen molar-refractivity contribution in [2.45, 2.75) is 13.1 Å². The number of carbonyl (C=O) groups is 1. The van der Waals surface area contributed by atoms with Gasteiger partial charge in [0.2, 0.25) is 0 Å². The zero-order valence-corrected chi connectivity index (χ0v) is 20.4. The lowest BCUT2D eigenvalue weighted by Gasteiger charge is -2.34. The number of halogens is 1. The van der Waals surface area contributed by atoms with Crippen LogP contribution in [0.15, 0.2) is 58.1 Å². The maximum Gasteiger partial charge on any atom is 0.332 e. The molecule has 0 amide bonds. The van der Waals surface area contributed by atoms with Crippen molar-refractivity contribution in [1.82, 2.24) is 18.9 Å². The quantitative estimate of drug-likeness (QED) is 0.471. The van der Waals surface area contributed by atoms with Crippen molar-refractivity contribution in [2.75, 3.05) is 45.6 Å². The summed E-state index contributed by atoms with van der Waals surface area (Å²) >= 11 is 0. The van der Waals surface area contributed by atoms with E-state index in [4.69, 9.17) is 10.5 Å². The topological polar surface area (TPSA) is 103 Å². The monoisotopic (exact) mass is 495 g/mol. The maximum absolute atomic E-state index is 14.0. The summed E-state index contributed by atoms with van der Waals surface area (Å²) in [7, 11) is 2.78. The molecule has 0 aliphatic carbocycles. The molecule has 36 heavy (non-hydrogen) atoms. The van der Waals surface area contributed by atoms with Crippen LogP contribution in [0.5, 0.6) is 5.75 Å². The van der Waals surface area contributed by atoms with E-state index in [-0.39, 0.29) is 30.2 Å². The third kappa shape index (κ3) is 5.39. The number of hydrogen-bond donors (Lipinski definition) is 1. The Kier molecular flexibility index (Phi) is 7.66. The Labute approximate surface area is 208 Å². The average Bonchev–Trinajstić information content (AvgIpc) is 2.87. The number of nitrogens with two attached hydrogens (primary N) is 1. The number of anilines is 1. The molecule has 0 spiro atoms. The van der Waals surface area contributed by atoms with Gasteiger partial charge in [-0.15, -0.1) is 0 Å². The Morgan fingerprint density at radius 1 is 0.972 bits per heavy atom. The summed E-state index contributed by atoms with van der Waals surface area (Å²) in [4.78, 5) is 42.8. The molecule has 4 rings (SSSR count). The molecule has 190 valence electrons. The number of rotatable bonds is 8. The minimum atomic E-state index is -0.688. The molecule has 1 aliphatic rings. The van der Waals surface area contributed by atoms with Gasteiger partial charge >= 0.3 is 5.69 Å². The van der Waals surface area contributed by atoms with E-state index in [1.165, 1.54) is 24.8 Å². The number of hydrogen-bond acceptors (Lipinski definition) is 7. The summed E-state index contributed by atoms with van der Waals surface area (Å²) in [5.74, 6) is -0.715. The molecular formula is C26H30FN5O4. The van der Waals surface area contributed by atoms with Gasteiger partial charge in [-0.25, -0.2) is 9.18 Å². The van der Waals surface area contributed by atoms with E-state index < -0.39 is 22.8 Å². The summed E-state index contributed by atoms with van der Waals surface area (Å²) in [6.07, 6.45) is 0. The normalized spacial score (nSPS) is 14.6. The van der Waals surface area contributed by atoms with Gasteiger partial charge < -0.3 is 10.5 Å². The lowest BCUT2D eigenvalue weighted by Crippen LogP contribution is -2.49. The van der Waals surface area contributed by atoms with E-state index in [1.807, 2.05) is 41.3 Å². The van der Waals surface area contributed by atoms with Crippen LogP contribution >= 0.6 is 0 Å². The van der Waals surface area contributed by atoms with E-state index in [0.717, 1.165) is 15.7 Å². The number of ketones is 1. The van der Waals surface area contributed by atoms with Crippen LogP contribution in [0.2, 0.25) is 0 Å². The second kappa shape index (κ2) is 10.9. The first-order valence-corrected chi connectivity index (χ1v) is 11.7. The molecule has 0 unspecified atom stereocenters. The minimum absolute atomic E-state index is 0.0218. The number of nitrogens with zero attached hydrogens (tertiary/aromatic N) is 4. The second-order valence-electron chi connectivity index (χ2n) is 8.92. The molecule has 9 nitrogen and oxygen atoms in total. The van der Waals surface area contributed by atoms with Crippen molar-refractivity contribution in [3.05, 3.63) is 91.9 Å². The van der Waals surface area contributed by atoms with Gasteiger partial charge in [-0.2, -0.15) is 0 Å². The van der Waals surface area contributed by atoms with Crippen LogP contribution in [-0.4, -0.2) is 64.6 Å². The number of benzene rings is 2. The zero-order chi connectivity index (χ0) is 25.8. The Balaban J connectivity index is 1.43. The molecule has 0 atom stereocenters. The molecule has 1 fully saturated rings. The summed E-state index contributed by atoms with van der Waals surface area (Å²) in [6.45, 7) is 3.34. The number of carbonyl (C=O) groups excluding carboxylic acids is 1. The molecule has 10 heteroatoms. The van der Waals surface area contributed by atoms with Crippen LogP contribution < -0.4 is 21.7 Å². The standard InChI is InChI=1S/C26H30FN5O4/c1-29-25(34)23(24(28)32(26(29)35)16-18-6-4-3-5-7-18)21(33)17-31-12-10-30(11-13-31)15-19-8-9-22(36-2)20(27)14-19/h3-9,14H,10-13,15-17,28H2,1-2H3. The molecule has 2 N–H and O–H groups in total. The predicted molar refractivity (Wildman–Crippen MR) is 135 cm³/mol. The number of Topliss-reactive ketones (excluding diaryl/α,β-unsaturated/α-hetero) is 1. The van der Waals surface area contributed by atoms with Crippen molar-refractivity contribution >= 4 is 11.6 Å². The number of aromatic nitrogens is 2. The first-order valence-electron chi connectivity index (χ1n) is 11.7. The lowest BCUT2D eigenvalue weighted by atomic mass is 10.1. The fraction of sp³-hybridized carbons (Fsp3) is 0.346. The van der Waals surface area contributed by atoms with Crippen LogP contribution in [-0.2, 0) is 20.1 Å². The first kappa shape index (κ1) is 25.3. The van der Waals surface area contributed by atoms with E-state index in [0.29, 0.717) is 32.7 Å². The Hall–Kier alpha value is -3.76. The van der Waals surface area contributed by atoms with E-state index in [9.17, 15) is 18.8 Å². The third-order valence-corrected chi connectivity index (χ3v) is 6.50. The van der Waals surface area contributed by atoms with Crippen LogP contribution in [0.1, 0.15) is 21.5 Å². The van der Waals surface area contributed by atoms with Crippen molar-refractivity contribution in [3.63, 3.8) is 0 Å². The van der Waals surface area contributed by atoms with Crippen LogP contribution in [0.25, 0.3) is 0 Å². The van der Waals surface area contributed by atoms with Crippen molar-refractivity contribution < 1.29 is 13.9 Å². The van der Waals surface area contributed by atoms with E-state index >= 15 is 0 Å². The maximum atomic E-state index is 14.0. The summed E-state index contributed by atoms with van der Waals surface area (Å²) in [6, 6.07) is 14.2. The first-order chi connectivity index (χ1) is 17.3. The number of nitrogen functional groups attached to an aromatic ring is 1. The summed E-state index contributed by atoms with van der Waals surface area (Å²) in [5, 5.41) is 0. The molecule has 0 saturated carbocycles. The zero-order valence-electron chi connectivity index (χ0n) is 20.4. The van der Waals surface area contributed by atoms with Gasteiger partial charge in [0.15, 0.2) is 17.3 Å². The van der Waals surface area contributed by atoms with Gasteiger partial charge in [-0.05, 0) is 23.3 Å². The fourth-order valence-electron chi connectivity index (χ4n) is 4.42. The molecule has 0 radical (unpaired) electrons. The van der Waals surface area contributed by atoms with E-state index in [1.54, 1.807) is 6.07 Å². The van der Waals surface area contributed by atoms with Gasteiger partial charge in [0, 0.05) is 39.8 Å². The molecule has 1 aromatic heterocycles. The highest BCUT2D eigenvalue weighted by atomic mass is 19.1. The highest BCUT2D eigenvalue weighted by Crippen LogP contribution is 2.19. The molecule has 3 aromatic rings. The molecule has 2 aromatic carbocycles. The number of methoxy groups -OCH3 is 1. The summed E-state index contributed by atoms with van der Waals surface area (Å²) in [5.41, 5.74) is 6.46. The fourth-order valence-corrected chi connectivity index (χ4v) is 4.42. The molecule has 1 saturated heterocycles. The SMILES string of the molecule is COc1ccc(CN2CCN(CC(=O)c3c(N)n(Cc4ccccc4)c(=O)n(C)c3=O)CC2)cc1F. The second-order valence-corrected chi connectivity index (χ2v) is 8.92. The largest absolute Gasteiger partial charge is 0.494 e. The Bertz CT molecular complexity index is 1360. The predicted octanol–water partition coefficient (Wildman–Crippen LogP) is 1.33. The Morgan fingerprint density at radius 3 is 2.28 bits per heavy atom. The molecular weight excluding hydrogens is 465 g/mol. The lowest BCUT2D eigenvalue weighted by molar-refractivity contribution is 0.0841. The Morgan fingerprint density at radius 2 is 1.64 bits per heavy atom. The highest BCUT2D eigenvalue weighted by molar-refractivity contribution is 6.01. The average molecular weight is 496 g/mol. The number of ether oxygens (including phenoxy) is 1. The van der Waals surface area contributed by atoms with Gasteiger partial charge in [0.05, 0.1) is 20.2 Å². The van der Waals surface area contributed by atoms with Crippen LogP contribution in [0, 0.1) is 5.82 Å². The third-order valence-electron chi connectivity index (χ3n) is 6.50. The van der Waals surface area contributed by atoms with Gasteiger partial charge in [-0.1, -0.05) is 36.4 Å². The molecule has 1 aliphatic heterocycles. The van der Waals surface area contributed by atoms with Gasteiger partial charge in [0.1, 0.15) is 11.4 Å². The van der Waals surface area contributed by atoms with Gasteiger partial charge in [0.25, 0.3) is 5.56 Å². The van der Waals surface area contributed by atoms with Crippen molar-refractivity contribution in [3.8, 4) is 5.75 Å². The van der Waals surface area contributed by atoms with E-state index in [2.05, 4.69) is 4.90 Å². The number of piperazine rings is 1. The molecule has 2 heterocycles.